The van der Waals surface area contributed by atoms with Gasteiger partial charge in [-0.05, 0) is 38.8 Å². The molecule has 104 valence electrons. The fourth-order valence-electron chi connectivity index (χ4n) is 3.25. The number of piperidine rings is 2. The van der Waals surface area contributed by atoms with Crippen molar-refractivity contribution in [3.05, 3.63) is 17.5 Å². The number of rotatable bonds is 2. The van der Waals surface area contributed by atoms with Gasteiger partial charge in [-0.15, -0.1) is 0 Å². The van der Waals surface area contributed by atoms with Crippen LogP contribution in [0.25, 0.3) is 0 Å². The third-order valence-electron chi connectivity index (χ3n) is 4.31. The van der Waals surface area contributed by atoms with Crippen molar-refractivity contribution in [2.24, 2.45) is 0 Å². The molecule has 0 saturated carbocycles. The van der Waals surface area contributed by atoms with Crippen LogP contribution in [0.4, 0.5) is 5.82 Å². The van der Waals surface area contributed by atoms with Gasteiger partial charge in [0, 0.05) is 31.5 Å². The van der Waals surface area contributed by atoms with Gasteiger partial charge in [0.25, 0.3) is 0 Å². The van der Waals surface area contributed by atoms with Gasteiger partial charge in [0.2, 0.25) is 0 Å². The average molecular weight is 281 g/mol. The van der Waals surface area contributed by atoms with Crippen LogP contribution in [0.15, 0.2) is 12.4 Å². The van der Waals surface area contributed by atoms with E-state index in [2.05, 4.69) is 19.8 Å². The largest absolute Gasteiger partial charge is 0.354 e. The fraction of sp³-hybridized carbons (Fsp3) is 0.714. The number of nitrogens with zero attached hydrogens (tertiary/aromatic N) is 4. The van der Waals surface area contributed by atoms with E-state index >= 15 is 0 Å². The molecule has 0 radical (unpaired) electrons. The number of hydrogen-bond acceptors (Lipinski definition) is 4. The van der Waals surface area contributed by atoms with Crippen molar-refractivity contribution in [2.45, 2.75) is 38.1 Å². The molecule has 0 aliphatic carbocycles. The Hall–Kier alpha value is -0.870. The fourth-order valence-corrected chi connectivity index (χ4v) is 3.48. The zero-order valence-corrected chi connectivity index (χ0v) is 12.0. The van der Waals surface area contributed by atoms with E-state index in [-0.39, 0.29) is 0 Å². The molecule has 2 fully saturated rings. The lowest BCUT2D eigenvalue weighted by Crippen LogP contribution is -2.47. The second-order valence-electron chi connectivity index (χ2n) is 5.49. The first-order chi connectivity index (χ1) is 9.34. The van der Waals surface area contributed by atoms with Gasteiger partial charge in [-0.25, -0.2) is 9.97 Å². The summed E-state index contributed by atoms with van der Waals surface area (Å²) in [5.41, 5.74) is 0. The molecular formula is C14H21ClN4. The summed E-state index contributed by atoms with van der Waals surface area (Å²) < 4.78 is 0. The van der Waals surface area contributed by atoms with Crippen molar-refractivity contribution < 1.29 is 0 Å². The predicted molar refractivity (Wildman–Crippen MR) is 77.7 cm³/mol. The first-order valence-electron chi connectivity index (χ1n) is 7.30. The van der Waals surface area contributed by atoms with E-state index in [4.69, 9.17) is 11.6 Å². The zero-order chi connectivity index (χ0) is 13.1. The van der Waals surface area contributed by atoms with Gasteiger partial charge in [-0.3, -0.25) is 0 Å². The Bertz CT molecular complexity index is 412. The number of likely N-dealkylation sites (tertiary alicyclic amines) is 1. The van der Waals surface area contributed by atoms with Crippen molar-refractivity contribution in [3.63, 3.8) is 0 Å². The highest BCUT2D eigenvalue weighted by Gasteiger charge is 2.26. The third kappa shape index (κ3) is 3.00. The quantitative estimate of drug-likeness (QED) is 0.834. The number of halogens is 1. The van der Waals surface area contributed by atoms with Crippen LogP contribution in [-0.2, 0) is 0 Å². The lowest BCUT2D eigenvalue weighted by atomic mass is 10.00. The van der Waals surface area contributed by atoms with Gasteiger partial charge in [0.1, 0.15) is 0 Å². The minimum Gasteiger partial charge on any atom is -0.354 e. The smallest absolute Gasteiger partial charge is 0.171 e. The van der Waals surface area contributed by atoms with Gasteiger partial charge >= 0.3 is 0 Å². The molecule has 1 aromatic rings. The van der Waals surface area contributed by atoms with E-state index in [1.807, 2.05) is 0 Å². The topological polar surface area (TPSA) is 32.3 Å². The molecule has 0 bridgehead atoms. The number of aromatic nitrogens is 2. The predicted octanol–water partition coefficient (Wildman–Crippen LogP) is 2.58. The summed E-state index contributed by atoms with van der Waals surface area (Å²) in [6.07, 6.45) is 9.95. The van der Waals surface area contributed by atoms with Crippen molar-refractivity contribution in [2.75, 3.05) is 31.1 Å². The number of hydrogen-bond donors (Lipinski definition) is 0. The number of anilines is 1. The van der Waals surface area contributed by atoms with Crippen LogP contribution in [0.1, 0.15) is 32.1 Å². The first kappa shape index (κ1) is 13.1. The molecule has 1 aromatic heterocycles. The van der Waals surface area contributed by atoms with Crippen molar-refractivity contribution in [1.82, 2.24) is 14.9 Å². The molecule has 0 N–H and O–H groups in total. The Balaban J connectivity index is 1.58. The van der Waals surface area contributed by atoms with Gasteiger partial charge in [0.05, 0.1) is 0 Å². The second-order valence-corrected chi connectivity index (χ2v) is 5.84. The lowest BCUT2D eigenvalue weighted by molar-refractivity contribution is 0.141. The molecule has 0 aromatic carbocycles. The van der Waals surface area contributed by atoms with Crippen LogP contribution < -0.4 is 4.90 Å². The summed E-state index contributed by atoms with van der Waals surface area (Å²) in [5.74, 6) is 0.848. The maximum atomic E-state index is 6.12. The molecule has 0 spiro atoms. The Kier molecular flexibility index (Phi) is 4.18. The highest BCUT2D eigenvalue weighted by molar-refractivity contribution is 6.31. The van der Waals surface area contributed by atoms with Crippen molar-refractivity contribution in [3.8, 4) is 0 Å². The molecule has 5 heteroatoms. The maximum absolute atomic E-state index is 6.12. The average Bonchev–Trinajstić information content (AvgIpc) is 2.49. The lowest BCUT2D eigenvalue weighted by Gasteiger charge is -2.40. The van der Waals surface area contributed by atoms with E-state index in [0.717, 1.165) is 24.9 Å². The Morgan fingerprint density at radius 2 is 1.63 bits per heavy atom. The normalized spacial score (nSPS) is 22.7. The second kappa shape index (κ2) is 6.06. The van der Waals surface area contributed by atoms with Crippen LogP contribution >= 0.6 is 11.6 Å². The van der Waals surface area contributed by atoms with Gasteiger partial charge in [0.15, 0.2) is 11.0 Å². The van der Waals surface area contributed by atoms with Crippen LogP contribution in [-0.4, -0.2) is 47.1 Å². The summed E-state index contributed by atoms with van der Waals surface area (Å²) >= 11 is 6.12. The Morgan fingerprint density at radius 3 is 2.32 bits per heavy atom. The van der Waals surface area contributed by atoms with Crippen LogP contribution in [0.2, 0.25) is 5.15 Å². The van der Waals surface area contributed by atoms with Gasteiger partial charge < -0.3 is 9.80 Å². The monoisotopic (exact) mass is 280 g/mol. The summed E-state index contributed by atoms with van der Waals surface area (Å²) in [6, 6.07) is 0.756. The minimum atomic E-state index is 0.527. The van der Waals surface area contributed by atoms with Crippen molar-refractivity contribution in [1.29, 1.82) is 0 Å². The Morgan fingerprint density at radius 1 is 0.947 bits per heavy atom. The standard InChI is InChI=1S/C14H21ClN4/c15-13-14(17-7-6-16-13)19-10-4-12(5-11-19)18-8-2-1-3-9-18/h6-7,12H,1-5,8-11H2. The molecule has 4 nitrogen and oxygen atoms in total. The zero-order valence-electron chi connectivity index (χ0n) is 11.3. The summed E-state index contributed by atoms with van der Waals surface area (Å²) in [7, 11) is 0. The molecule has 2 aliphatic heterocycles. The molecule has 0 atom stereocenters. The molecule has 0 amide bonds. The maximum Gasteiger partial charge on any atom is 0.171 e. The van der Waals surface area contributed by atoms with Crippen LogP contribution in [0.3, 0.4) is 0 Å². The van der Waals surface area contributed by atoms with Crippen LogP contribution in [0, 0.1) is 0 Å². The highest BCUT2D eigenvalue weighted by atomic mass is 35.5. The summed E-state index contributed by atoms with van der Waals surface area (Å²) in [6.45, 7) is 4.66. The molecule has 0 unspecified atom stereocenters. The Labute approximate surface area is 119 Å². The van der Waals surface area contributed by atoms with E-state index < -0.39 is 0 Å². The van der Waals surface area contributed by atoms with Gasteiger partial charge in [-0.1, -0.05) is 18.0 Å². The highest BCUT2D eigenvalue weighted by Crippen LogP contribution is 2.26. The first-order valence-corrected chi connectivity index (χ1v) is 7.68. The minimum absolute atomic E-state index is 0.527. The SMILES string of the molecule is Clc1nccnc1N1CCC(N2CCCCC2)CC1. The van der Waals surface area contributed by atoms with Crippen LogP contribution in [0.5, 0.6) is 0 Å². The summed E-state index contributed by atoms with van der Waals surface area (Å²) in [5, 5.41) is 0.527. The molecule has 3 rings (SSSR count). The molecule has 2 aliphatic rings. The molecular weight excluding hydrogens is 260 g/mol. The van der Waals surface area contributed by atoms with E-state index in [1.54, 1.807) is 12.4 Å². The molecule has 19 heavy (non-hydrogen) atoms. The van der Waals surface area contributed by atoms with E-state index in [1.165, 1.54) is 45.2 Å². The van der Waals surface area contributed by atoms with Crippen molar-refractivity contribution >= 4 is 17.4 Å². The van der Waals surface area contributed by atoms with E-state index in [0.29, 0.717) is 5.15 Å². The van der Waals surface area contributed by atoms with E-state index in [9.17, 15) is 0 Å². The third-order valence-corrected chi connectivity index (χ3v) is 4.57. The van der Waals surface area contributed by atoms with Gasteiger partial charge in [-0.2, -0.15) is 0 Å². The molecule has 2 saturated heterocycles. The summed E-state index contributed by atoms with van der Waals surface area (Å²) in [4.78, 5) is 13.4. The molecule has 3 heterocycles.